The zero-order valence-corrected chi connectivity index (χ0v) is 16.8. The van der Waals surface area contributed by atoms with Crippen molar-refractivity contribution in [3.8, 4) is 0 Å². The van der Waals surface area contributed by atoms with E-state index in [9.17, 15) is 4.79 Å². The predicted molar refractivity (Wildman–Crippen MR) is 119 cm³/mol. The molecule has 0 spiro atoms. The third-order valence-corrected chi connectivity index (χ3v) is 5.20. The first kappa shape index (κ1) is 19.1. The molecule has 0 bridgehead atoms. The molecule has 146 valence electrons. The summed E-state index contributed by atoms with van der Waals surface area (Å²) in [6.07, 6.45) is 0. The van der Waals surface area contributed by atoms with Crippen molar-refractivity contribution in [3.05, 3.63) is 95.6 Å². The van der Waals surface area contributed by atoms with Gasteiger partial charge in [0.2, 0.25) is 5.91 Å². The van der Waals surface area contributed by atoms with Gasteiger partial charge in [0.1, 0.15) is 5.92 Å². The van der Waals surface area contributed by atoms with Crippen molar-refractivity contribution in [1.82, 2.24) is 4.90 Å². The van der Waals surface area contributed by atoms with E-state index in [1.165, 1.54) is 11.1 Å². The summed E-state index contributed by atoms with van der Waals surface area (Å²) in [7, 11) is 2.12. The van der Waals surface area contributed by atoms with E-state index < -0.39 is 0 Å². The maximum atomic E-state index is 12.4. The van der Waals surface area contributed by atoms with E-state index in [4.69, 9.17) is 4.99 Å². The SMILES string of the molecule is CC(=Nc1ccc(CN(C)Cc2ccccc2)cc1)C1C(=O)Nc2ccccc21. The van der Waals surface area contributed by atoms with Crippen LogP contribution in [0.1, 0.15) is 29.5 Å². The molecule has 1 aliphatic heterocycles. The van der Waals surface area contributed by atoms with E-state index in [1.807, 2.05) is 49.4 Å². The van der Waals surface area contributed by atoms with E-state index in [2.05, 4.69) is 53.7 Å². The highest BCUT2D eigenvalue weighted by atomic mass is 16.2. The Hall–Kier alpha value is -3.24. The zero-order valence-electron chi connectivity index (χ0n) is 16.8. The number of nitrogens with one attached hydrogen (secondary N) is 1. The Labute approximate surface area is 171 Å². The number of carbonyl (C=O) groups is 1. The molecule has 4 nitrogen and oxygen atoms in total. The lowest BCUT2D eigenvalue weighted by Crippen LogP contribution is -2.18. The number of hydrogen-bond donors (Lipinski definition) is 1. The molecule has 0 saturated heterocycles. The van der Waals surface area contributed by atoms with Crippen LogP contribution in [0.4, 0.5) is 11.4 Å². The van der Waals surface area contributed by atoms with Crippen LogP contribution in [0.15, 0.2) is 83.9 Å². The maximum absolute atomic E-state index is 12.4. The Morgan fingerprint density at radius 2 is 1.52 bits per heavy atom. The van der Waals surface area contributed by atoms with Crippen LogP contribution in [0.3, 0.4) is 0 Å². The van der Waals surface area contributed by atoms with Crippen molar-refractivity contribution in [3.63, 3.8) is 0 Å². The Bertz CT molecular complexity index is 1030. The van der Waals surface area contributed by atoms with Crippen molar-refractivity contribution in [2.24, 2.45) is 4.99 Å². The molecule has 1 atom stereocenters. The van der Waals surface area contributed by atoms with E-state index in [1.54, 1.807) is 0 Å². The predicted octanol–water partition coefficient (Wildman–Crippen LogP) is 5.15. The van der Waals surface area contributed by atoms with Crippen LogP contribution >= 0.6 is 0 Å². The van der Waals surface area contributed by atoms with E-state index in [0.29, 0.717) is 0 Å². The number of aliphatic imine (C=N–C) groups is 1. The van der Waals surface area contributed by atoms with Crippen LogP contribution in [0.25, 0.3) is 0 Å². The van der Waals surface area contributed by atoms with Crippen LogP contribution in [0, 0.1) is 0 Å². The van der Waals surface area contributed by atoms with Gasteiger partial charge in [0.15, 0.2) is 0 Å². The summed E-state index contributed by atoms with van der Waals surface area (Å²) in [5.41, 5.74) is 6.10. The molecule has 3 aromatic rings. The monoisotopic (exact) mass is 383 g/mol. The van der Waals surface area contributed by atoms with Gasteiger partial charge in [0, 0.05) is 24.5 Å². The summed E-state index contributed by atoms with van der Waals surface area (Å²) in [4.78, 5) is 19.4. The molecule has 1 heterocycles. The molecule has 1 unspecified atom stereocenters. The minimum Gasteiger partial charge on any atom is -0.325 e. The topological polar surface area (TPSA) is 44.7 Å². The smallest absolute Gasteiger partial charge is 0.237 e. The van der Waals surface area contributed by atoms with Gasteiger partial charge < -0.3 is 5.32 Å². The van der Waals surface area contributed by atoms with E-state index >= 15 is 0 Å². The van der Waals surface area contributed by atoms with Gasteiger partial charge in [0.05, 0.1) is 5.69 Å². The lowest BCUT2D eigenvalue weighted by molar-refractivity contribution is -0.115. The van der Waals surface area contributed by atoms with E-state index in [-0.39, 0.29) is 11.8 Å². The molecule has 0 saturated carbocycles. The van der Waals surface area contributed by atoms with Gasteiger partial charge in [-0.15, -0.1) is 0 Å². The second-order valence-electron chi connectivity index (χ2n) is 7.59. The lowest BCUT2D eigenvalue weighted by Gasteiger charge is -2.17. The normalized spacial score (nSPS) is 16.0. The van der Waals surface area contributed by atoms with E-state index in [0.717, 1.165) is 35.7 Å². The first-order valence-electron chi connectivity index (χ1n) is 9.86. The van der Waals surface area contributed by atoms with Crippen molar-refractivity contribution in [2.75, 3.05) is 12.4 Å². The Kier molecular flexibility index (Phi) is 5.54. The molecule has 1 amide bonds. The number of nitrogens with zero attached hydrogens (tertiary/aromatic N) is 2. The van der Waals surface area contributed by atoms with Gasteiger partial charge in [-0.05, 0) is 48.9 Å². The van der Waals surface area contributed by atoms with Crippen molar-refractivity contribution in [2.45, 2.75) is 25.9 Å². The first-order valence-corrected chi connectivity index (χ1v) is 9.86. The summed E-state index contributed by atoms with van der Waals surface area (Å²) in [6, 6.07) is 26.5. The van der Waals surface area contributed by atoms with Crippen LogP contribution in [0.2, 0.25) is 0 Å². The van der Waals surface area contributed by atoms with Crippen molar-refractivity contribution >= 4 is 23.0 Å². The second-order valence-corrected chi connectivity index (χ2v) is 7.59. The quantitative estimate of drug-likeness (QED) is 0.599. The highest BCUT2D eigenvalue weighted by Crippen LogP contribution is 2.34. The van der Waals surface area contributed by atoms with Crippen LogP contribution in [-0.2, 0) is 17.9 Å². The molecular formula is C25H25N3O. The number of rotatable bonds is 6. The number of hydrogen-bond acceptors (Lipinski definition) is 3. The van der Waals surface area contributed by atoms with Gasteiger partial charge in [-0.1, -0.05) is 60.7 Å². The summed E-state index contributed by atoms with van der Waals surface area (Å²) >= 11 is 0. The average molecular weight is 383 g/mol. The number of para-hydroxylation sites is 1. The molecular weight excluding hydrogens is 358 g/mol. The second kappa shape index (κ2) is 8.41. The number of carbonyl (C=O) groups excluding carboxylic acids is 1. The minimum atomic E-state index is -0.317. The fourth-order valence-corrected chi connectivity index (χ4v) is 3.83. The number of fused-ring (bicyclic) bond motifs is 1. The van der Waals surface area contributed by atoms with Gasteiger partial charge >= 0.3 is 0 Å². The lowest BCUT2D eigenvalue weighted by atomic mass is 9.96. The Morgan fingerprint density at radius 3 is 2.24 bits per heavy atom. The van der Waals surface area contributed by atoms with Gasteiger partial charge in [-0.3, -0.25) is 14.7 Å². The van der Waals surface area contributed by atoms with Gasteiger partial charge in [0.25, 0.3) is 0 Å². The largest absolute Gasteiger partial charge is 0.325 e. The van der Waals surface area contributed by atoms with Crippen LogP contribution < -0.4 is 5.32 Å². The van der Waals surface area contributed by atoms with Gasteiger partial charge in [-0.25, -0.2) is 0 Å². The molecule has 4 heteroatoms. The van der Waals surface area contributed by atoms with Gasteiger partial charge in [-0.2, -0.15) is 0 Å². The highest BCUT2D eigenvalue weighted by Gasteiger charge is 2.32. The molecule has 4 rings (SSSR count). The van der Waals surface area contributed by atoms with Crippen molar-refractivity contribution in [1.29, 1.82) is 0 Å². The summed E-state index contributed by atoms with van der Waals surface area (Å²) in [5.74, 6) is -0.325. The Balaban J connectivity index is 1.43. The molecule has 1 N–H and O–H groups in total. The molecule has 0 fully saturated rings. The maximum Gasteiger partial charge on any atom is 0.237 e. The standard InChI is InChI=1S/C25H25N3O/c1-18(24-22-10-6-7-11-23(22)27-25(24)29)26-21-14-12-20(13-15-21)17-28(2)16-19-8-4-3-5-9-19/h3-15,24H,16-17H2,1-2H3,(H,27,29). The molecule has 29 heavy (non-hydrogen) atoms. The number of anilines is 1. The fraction of sp³-hybridized carbons (Fsp3) is 0.200. The van der Waals surface area contributed by atoms with Crippen molar-refractivity contribution < 1.29 is 4.79 Å². The number of benzene rings is 3. The number of amides is 1. The molecule has 3 aromatic carbocycles. The summed E-state index contributed by atoms with van der Waals surface area (Å²) in [6.45, 7) is 3.71. The average Bonchev–Trinajstić information content (AvgIpc) is 3.06. The third kappa shape index (κ3) is 4.44. The minimum absolute atomic E-state index is 0.00777. The summed E-state index contributed by atoms with van der Waals surface area (Å²) in [5, 5.41) is 2.94. The Morgan fingerprint density at radius 1 is 0.897 bits per heavy atom. The summed E-state index contributed by atoms with van der Waals surface area (Å²) < 4.78 is 0. The molecule has 0 aliphatic carbocycles. The van der Waals surface area contributed by atoms with Crippen LogP contribution in [0.5, 0.6) is 0 Å². The van der Waals surface area contributed by atoms with Crippen LogP contribution in [-0.4, -0.2) is 23.6 Å². The highest BCUT2D eigenvalue weighted by molar-refractivity contribution is 6.18. The fourth-order valence-electron chi connectivity index (χ4n) is 3.83. The first-order chi connectivity index (χ1) is 14.1. The third-order valence-electron chi connectivity index (χ3n) is 5.20. The molecule has 0 aromatic heterocycles. The zero-order chi connectivity index (χ0) is 20.2. The molecule has 1 aliphatic rings. The molecule has 0 radical (unpaired) electrons.